The molecule has 0 unspecified atom stereocenters. The molecule has 0 aliphatic carbocycles. The highest BCUT2D eigenvalue weighted by Gasteiger charge is 2.04. The summed E-state index contributed by atoms with van der Waals surface area (Å²) in [4.78, 5) is 70.0. The molecule has 0 aliphatic heterocycles. The maximum Gasteiger partial charge on any atom is 0.330 e. The zero-order valence-corrected chi connectivity index (χ0v) is 76.0. The summed E-state index contributed by atoms with van der Waals surface area (Å²) in [6.07, 6.45) is 53.7. The molecule has 6 aromatic rings. The van der Waals surface area contributed by atoms with Gasteiger partial charge < -0.3 is 42.6 Å². The monoisotopic (exact) mass is 1690 g/mol. The molecule has 674 valence electrons. The molecule has 0 fully saturated rings. The van der Waals surface area contributed by atoms with Gasteiger partial charge in [-0.15, -0.1) is 26.3 Å². The SMILES string of the molecule is C=CC(C=C)CCCC.C=CCN(CC=C)CCCCOC.CCCCCCCCCOC(=O)/C=C/c1ccccc1.CCCCCOC(=O)/C=C/c1ccccc1.CCCCOC(=O)/C=C/c1ccccc1.CCCOC(=O)/C=C/c1ccccc1.COCCCCCCOC(=O)/C=C/c1ccccc1.COCCCCOC(=O)/C=C/c1ccccc1. The Kier molecular flexibility index (Phi) is 84.3. The molecular formula is C107H151NO15. The zero-order valence-electron chi connectivity index (χ0n) is 76.0. The first-order valence-electron chi connectivity index (χ1n) is 44.2. The molecule has 0 radical (unpaired) electrons. The second-order valence-electron chi connectivity index (χ2n) is 28.1. The molecule has 0 saturated heterocycles. The molecule has 0 aromatic heterocycles. The highest BCUT2D eigenvalue weighted by molar-refractivity contribution is 5.89. The van der Waals surface area contributed by atoms with E-state index >= 15 is 0 Å². The number of carbonyl (C=O) groups is 6. The molecular weight excluding hydrogens is 1540 g/mol. The van der Waals surface area contributed by atoms with E-state index in [0.717, 1.165) is 163 Å². The molecule has 0 amide bonds. The Bertz CT molecular complexity index is 3650. The maximum absolute atomic E-state index is 11.5. The number of allylic oxidation sites excluding steroid dienone is 2. The molecule has 0 bridgehead atoms. The summed E-state index contributed by atoms with van der Waals surface area (Å²) in [6.45, 7) is 33.8. The van der Waals surface area contributed by atoms with Gasteiger partial charge in [-0.25, -0.2) is 28.8 Å². The molecule has 6 aromatic carbocycles. The van der Waals surface area contributed by atoms with Gasteiger partial charge in [0.15, 0.2) is 0 Å². The van der Waals surface area contributed by atoms with Gasteiger partial charge in [-0.1, -0.05) is 318 Å². The standard InChI is InChI=1S/C18H26O2.C16H22O3.C14H18O3.C14H18O2.C13H16O2.C12H14O2.C11H21NO.C9H16/c1-2-3-4-5-6-7-11-16-20-18(19)15-14-17-12-9-8-10-13-17;1-18-13-7-2-3-8-14-19-16(17)12-11-15-9-5-4-6-10-15;1-16-11-5-6-12-17-14(15)10-9-13-7-3-2-4-8-13;1-2-3-7-12-16-14(15)11-10-13-8-5-4-6-9-13;1-2-3-11-15-13(14)10-9-12-7-5-4-6-8-12;1-2-10-14-12(13)9-8-11-6-4-3-5-7-11;1-4-8-12(9-5-2)10-6-7-11-13-3;1-4-7-8-9(5-2)6-3/h8-10,12-15H,2-7,11,16H2,1H3;4-6,9-12H,2-3,7-8,13-14H2,1H3;2-4,7-10H,5-6,11-12H2,1H3;4-6,8-11H,2-3,7,12H2,1H3;4-10H,2-3,11H2,1H3;3-9H,2,10H2,1H3;4-5H,1-2,6-11H2,3H3;5-6,9H,2-4,7-8H2,1H3/b15-14+;12-11+;10-9+;11-10+;10-9+;9-8+;;. The lowest BCUT2D eigenvalue weighted by Crippen LogP contribution is -2.25. The van der Waals surface area contributed by atoms with E-state index in [1.165, 1.54) is 94.2 Å². The van der Waals surface area contributed by atoms with E-state index in [1.54, 1.807) is 57.8 Å². The molecule has 0 N–H and O–H groups in total. The number of methoxy groups -OCH3 is 3. The Hall–Kier alpha value is -10.6. The molecule has 0 saturated carbocycles. The Morgan fingerprint density at radius 1 is 0.268 bits per heavy atom. The summed E-state index contributed by atoms with van der Waals surface area (Å²) < 4.78 is 45.1. The van der Waals surface area contributed by atoms with Crippen molar-refractivity contribution in [2.24, 2.45) is 5.92 Å². The fourth-order valence-corrected chi connectivity index (χ4v) is 10.3. The molecule has 0 atom stereocenters. The third kappa shape index (κ3) is 80.9. The van der Waals surface area contributed by atoms with Gasteiger partial charge in [-0.05, 0) is 159 Å². The Morgan fingerprint density at radius 3 is 0.748 bits per heavy atom. The minimum atomic E-state index is -0.300. The first-order valence-corrected chi connectivity index (χ1v) is 44.2. The van der Waals surface area contributed by atoms with Crippen molar-refractivity contribution < 1.29 is 71.4 Å². The highest BCUT2D eigenvalue weighted by Crippen LogP contribution is 2.12. The van der Waals surface area contributed by atoms with Crippen LogP contribution in [0.3, 0.4) is 0 Å². The van der Waals surface area contributed by atoms with Crippen LogP contribution in [0.1, 0.15) is 222 Å². The van der Waals surface area contributed by atoms with Gasteiger partial charge in [-0.2, -0.15) is 0 Å². The lowest BCUT2D eigenvalue weighted by molar-refractivity contribution is -0.138. The molecule has 0 heterocycles. The minimum Gasteiger partial charge on any atom is -0.463 e. The number of rotatable bonds is 55. The van der Waals surface area contributed by atoms with Crippen LogP contribution in [-0.4, -0.2) is 141 Å². The van der Waals surface area contributed by atoms with Gasteiger partial charge in [0.25, 0.3) is 0 Å². The van der Waals surface area contributed by atoms with Crippen molar-refractivity contribution in [1.29, 1.82) is 0 Å². The van der Waals surface area contributed by atoms with Gasteiger partial charge in [0.05, 0.1) is 39.6 Å². The van der Waals surface area contributed by atoms with Crippen molar-refractivity contribution in [2.45, 2.75) is 189 Å². The lowest BCUT2D eigenvalue weighted by atomic mass is 10.0. The highest BCUT2D eigenvalue weighted by atomic mass is 16.6. The smallest absolute Gasteiger partial charge is 0.330 e. The van der Waals surface area contributed by atoms with E-state index in [-0.39, 0.29) is 35.8 Å². The van der Waals surface area contributed by atoms with Crippen LogP contribution in [0.4, 0.5) is 0 Å². The molecule has 0 aliphatic rings. The van der Waals surface area contributed by atoms with Crippen molar-refractivity contribution in [3.63, 3.8) is 0 Å². The van der Waals surface area contributed by atoms with Crippen molar-refractivity contribution in [3.05, 3.63) is 302 Å². The fourth-order valence-electron chi connectivity index (χ4n) is 10.3. The number of esters is 6. The van der Waals surface area contributed by atoms with E-state index < -0.39 is 0 Å². The summed E-state index contributed by atoms with van der Waals surface area (Å²) in [6, 6.07) is 58.2. The largest absolute Gasteiger partial charge is 0.463 e. The zero-order chi connectivity index (χ0) is 90.4. The van der Waals surface area contributed by atoms with E-state index in [2.05, 4.69) is 58.9 Å². The van der Waals surface area contributed by atoms with Crippen molar-refractivity contribution in [2.75, 3.05) is 100 Å². The van der Waals surface area contributed by atoms with Crippen molar-refractivity contribution >= 4 is 72.3 Å². The average Bonchev–Trinajstić information content (AvgIpc) is 0.974. The Morgan fingerprint density at radius 2 is 0.488 bits per heavy atom. The van der Waals surface area contributed by atoms with E-state index in [4.69, 9.17) is 42.6 Å². The predicted octanol–water partition coefficient (Wildman–Crippen LogP) is 25.5. The molecule has 123 heavy (non-hydrogen) atoms. The van der Waals surface area contributed by atoms with Gasteiger partial charge >= 0.3 is 35.8 Å². The van der Waals surface area contributed by atoms with Crippen molar-refractivity contribution in [3.8, 4) is 0 Å². The van der Waals surface area contributed by atoms with Gasteiger partial charge in [-0.3, -0.25) is 4.90 Å². The molecule has 0 spiro atoms. The summed E-state index contributed by atoms with van der Waals surface area (Å²) in [5.41, 5.74) is 6.02. The van der Waals surface area contributed by atoms with Crippen LogP contribution in [0.5, 0.6) is 0 Å². The van der Waals surface area contributed by atoms with Gasteiger partial charge in [0.2, 0.25) is 0 Å². The van der Waals surface area contributed by atoms with Crippen LogP contribution in [0.25, 0.3) is 36.5 Å². The van der Waals surface area contributed by atoms with E-state index in [0.29, 0.717) is 52.2 Å². The fraction of sp³-hybridized carbons (Fsp3) is 0.421. The van der Waals surface area contributed by atoms with Crippen molar-refractivity contribution in [1.82, 2.24) is 4.90 Å². The average molecular weight is 1690 g/mol. The normalized spacial score (nSPS) is 10.5. The maximum atomic E-state index is 11.5. The first-order chi connectivity index (χ1) is 60.1. The number of ether oxygens (including phenoxy) is 9. The van der Waals surface area contributed by atoms with Crippen LogP contribution in [0.15, 0.2) is 269 Å². The summed E-state index contributed by atoms with van der Waals surface area (Å²) in [5.74, 6) is -1.11. The Labute approximate surface area is 742 Å². The summed E-state index contributed by atoms with van der Waals surface area (Å²) in [7, 11) is 5.11. The number of unbranched alkanes of at least 4 members (excludes halogenated alkanes) is 15. The number of hydrogen-bond donors (Lipinski definition) is 0. The third-order valence-corrected chi connectivity index (χ3v) is 17.3. The second kappa shape index (κ2) is 90.6. The van der Waals surface area contributed by atoms with Gasteiger partial charge in [0, 0.05) is 90.7 Å². The summed E-state index contributed by atoms with van der Waals surface area (Å²) >= 11 is 0. The summed E-state index contributed by atoms with van der Waals surface area (Å²) in [5, 5.41) is 0. The quantitative estimate of drug-likeness (QED) is 0.0115. The topological polar surface area (TPSA) is 189 Å². The van der Waals surface area contributed by atoms with Gasteiger partial charge in [0.1, 0.15) is 0 Å². The molecule has 16 heteroatoms. The first kappa shape index (κ1) is 114. The van der Waals surface area contributed by atoms with Crippen LogP contribution in [-0.2, 0) is 71.4 Å². The van der Waals surface area contributed by atoms with Crippen LogP contribution >= 0.6 is 0 Å². The van der Waals surface area contributed by atoms with Crippen LogP contribution in [0, 0.1) is 5.92 Å². The number of hydrogen-bond acceptors (Lipinski definition) is 16. The lowest BCUT2D eigenvalue weighted by Gasteiger charge is -2.18. The second-order valence-corrected chi connectivity index (χ2v) is 28.1. The number of nitrogens with zero attached hydrogens (tertiary/aromatic N) is 1. The molecule has 16 nitrogen and oxygen atoms in total. The number of benzene rings is 6. The number of carbonyl (C=O) groups excluding carboxylic acids is 6. The Balaban J connectivity index is 0. The third-order valence-electron chi connectivity index (χ3n) is 17.3. The minimum absolute atomic E-state index is 0.250. The van der Waals surface area contributed by atoms with Crippen LogP contribution < -0.4 is 0 Å². The molecule has 6 rings (SSSR count). The predicted molar refractivity (Wildman–Crippen MR) is 514 cm³/mol. The van der Waals surface area contributed by atoms with E-state index in [1.807, 2.05) is 213 Å². The van der Waals surface area contributed by atoms with E-state index in [9.17, 15) is 28.8 Å². The van der Waals surface area contributed by atoms with Crippen LogP contribution in [0.2, 0.25) is 0 Å².